The molecule has 2 unspecified atom stereocenters. The number of thioether (sulfide) groups is 2. The zero-order chi connectivity index (χ0) is 36.1. The van der Waals surface area contributed by atoms with E-state index in [1.54, 1.807) is 24.3 Å². The van der Waals surface area contributed by atoms with E-state index in [0.29, 0.717) is 16.9 Å². The van der Waals surface area contributed by atoms with Gasteiger partial charge in [0.1, 0.15) is 46.8 Å². The van der Waals surface area contributed by atoms with Crippen LogP contribution in [-0.2, 0) is 54.9 Å². The van der Waals surface area contributed by atoms with E-state index in [1.165, 1.54) is 53.6 Å². The molecule has 6 aliphatic rings. The normalized spacial score (nSPS) is 33.6. The molecule has 5 aliphatic heterocycles. The van der Waals surface area contributed by atoms with Crippen molar-refractivity contribution >= 4 is 64.9 Å². The number of methoxy groups -OCH3 is 2. The SMILES string of the molecule is COC(=O)[C@@H]1N2C(=O)[C@@H](NC(=O)CC34C=CC(=O)CC3Oc3ccc(CC(=O)N[C@H]5C(=O)N6[C@@H](C(=O)OC)C(C)(C)S[C@@H]56)cc34)[C@H]2SC1(C)C. The summed E-state index contributed by atoms with van der Waals surface area (Å²) in [5, 5.41) is 4.85. The number of carbonyl (C=O) groups excluding carboxylic acids is 7. The van der Waals surface area contributed by atoms with Crippen LogP contribution in [0.5, 0.6) is 5.75 Å². The lowest BCUT2D eigenvalue weighted by molar-refractivity contribution is -0.162. The van der Waals surface area contributed by atoms with Gasteiger partial charge in [-0.2, -0.15) is 0 Å². The summed E-state index contributed by atoms with van der Waals surface area (Å²) in [4.78, 5) is 93.5. The average Bonchev–Trinajstić information content (AvgIpc) is 3.61. The van der Waals surface area contributed by atoms with Crippen molar-refractivity contribution in [3.8, 4) is 5.75 Å². The van der Waals surface area contributed by atoms with Crippen molar-refractivity contribution < 1.29 is 47.8 Å². The monoisotopic (exact) mass is 726 g/mol. The molecular formula is C34H38N4O10S2. The minimum absolute atomic E-state index is 0.0418. The summed E-state index contributed by atoms with van der Waals surface area (Å²) in [5.74, 6) is -2.23. The van der Waals surface area contributed by atoms with E-state index >= 15 is 0 Å². The number of hydrogen-bond acceptors (Lipinski definition) is 12. The maximum Gasteiger partial charge on any atom is 0.330 e. The van der Waals surface area contributed by atoms with E-state index in [4.69, 9.17) is 14.2 Å². The summed E-state index contributed by atoms with van der Waals surface area (Å²) in [6.45, 7) is 7.44. The van der Waals surface area contributed by atoms with Crippen LogP contribution in [0.25, 0.3) is 0 Å². The molecule has 50 heavy (non-hydrogen) atoms. The number of rotatable bonds is 8. The first kappa shape index (κ1) is 34.4. The van der Waals surface area contributed by atoms with Crippen molar-refractivity contribution in [1.29, 1.82) is 0 Å². The van der Waals surface area contributed by atoms with Crippen LogP contribution < -0.4 is 15.4 Å². The van der Waals surface area contributed by atoms with Gasteiger partial charge in [0, 0.05) is 27.9 Å². The van der Waals surface area contributed by atoms with Gasteiger partial charge in [-0.05, 0) is 45.4 Å². The highest BCUT2D eigenvalue weighted by atomic mass is 32.2. The number of fused-ring (bicyclic) bond motifs is 5. The van der Waals surface area contributed by atoms with Crippen molar-refractivity contribution in [3.63, 3.8) is 0 Å². The molecule has 8 atom stereocenters. The summed E-state index contributed by atoms with van der Waals surface area (Å²) >= 11 is 2.86. The molecule has 4 fully saturated rings. The van der Waals surface area contributed by atoms with Crippen LogP contribution in [-0.4, -0.2) is 116 Å². The fourth-order valence-electron chi connectivity index (χ4n) is 8.14. The number of ether oxygens (including phenoxy) is 3. The van der Waals surface area contributed by atoms with E-state index in [0.717, 1.165) is 0 Å². The van der Waals surface area contributed by atoms with Crippen molar-refractivity contribution in [2.75, 3.05) is 14.2 Å². The van der Waals surface area contributed by atoms with Crippen LogP contribution in [0, 0.1) is 0 Å². The van der Waals surface area contributed by atoms with E-state index < -0.39 is 79.7 Å². The lowest BCUT2D eigenvalue weighted by Crippen LogP contribution is -2.71. The quantitative estimate of drug-likeness (QED) is 0.282. The number of β-lactam (4-membered cyclic amide) rings is 2. The molecule has 1 aromatic rings. The van der Waals surface area contributed by atoms with Gasteiger partial charge in [-0.3, -0.25) is 24.0 Å². The van der Waals surface area contributed by atoms with Gasteiger partial charge in [-0.15, -0.1) is 23.5 Å². The van der Waals surface area contributed by atoms with Crippen LogP contribution in [0.1, 0.15) is 51.7 Å². The third-order valence-corrected chi connectivity index (χ3v) is 13.7. The number of ketones is 1. The average molecular weight is 727 g/mol. The summed E-state index contributed by atoms with van der Waals surface area (Å²) in [6.07, 6.45) is 2.27. The number of nitrogens with zero attached hydrogens (tertiary/aromatic N) is 2. The molecule has 0 aromatic heterocycles. The minimum atomic E-state index is -1.04. The zero-order valence-corrected chi connectivity index (χ0v) is 30.0. The van der Waals surface area contributed by atoms with Gasteiger partial charge < -0.3 is 34.6 Å². The molecule has 4 amide bonds. The molecule has 0 radical (unpaired) electrons. The molecule has 266 valence electrons. The van der Waals surface area contributed by atoms with Gasteiger partial charge in [0.2, 0.25) is 23.6 Å². The van der Waals surface area contributed by atoms with Crippen molar-refractivity contribution in [3.05, 3.63) is 41.5 Å². The molecule has 0 saturated carbocycles. The first-order chi connectivity index (χ1) is 23.5. The Morgan fingerprint density at radius 3 is 1.94 bits per heavy atom. The first-order valence-corrected chi connectivity index (χ1v) is 18.1. The number of carbonyl (C=O) groups is 7. The Balaban J connectivity index is 1.06. The number of nitrogens with one attached hydrogen (secondary N) is 2. The van der Waals surface area contributed by atoms with Gasteiger partial charge in [0.25, 0.3) is 0 Å². The number of allylic oxidation sites excluding steroid dienone is 1. The summed E-state index contributed by atoms with van der Waals surface area (Å²) < 4.78 is 14.9. The third kappa shape index (κ3) is 5.11. The highest BCUT2D eigenvalue weighted by molar-refractivity contribution is 8.02. The second-order valence-electron chi connectivity index (χ2n) is 14.5. The second kappa shape index (κ2) is 11.8. The van der Waals surface area contributed by atoms with Crippen molar-refractivity contribution in [2.24, 2.45) is 0 Å². The molecule has 5 heterocycles. The van der Waals surface area contributed by atoms with Gasteiger partial charge >= 0.3 is 11.9 Å². The van der Waals surface area contributed by atoms with Crippen LogP contribution in [0.2, 0.25) is 0 Å². The van der Waals surface area contributed by atoms with Gasteiger partial charge in [-0.1, -0.05) is 18.2 Å². The summed E-state index contributed by atoms with van der Waals surface area (Å²) in [5.41, 5.74) is 0.201. The Bertz CT molecular complexity index is 1780. The molecule has 1 aromatic carbocycles. The van der Waals surface area contributed by atoms with Crippen LogP contribution >= 0.6 is 23.5 Å². The smallest absolute Gasteiger partial charge is 0.330 e. The molecule has 16 heteroatoms. The largest absolute Gasteiger partial charge is 0.488 e. The predicted octanol–water partition coefficient (Wildman–Crippen LogP) is 0.587. The fraction of sp³-hybridized carbons (Fsp3) is 0.559. The van der Waals surface area contributed by atoms with E-state index in [2.05, 4.69) is 10.6 Å². The topological polar surface area (TPSA) is 178 Å². The molecule has 14 nitrogen and oxygen atoms in total. The molecule has 7 rings (SSSR count). The Hall–Kier alpha value is -4.05. The number of esters is 2. The maximum atomic E-state index is 13.7. The molecule has 0 spiro atoms. The van der Waals surface area contributed by atoms with Crippen LogP contribution in [0.15, 0.2) is 30.4 Å². The lowest BCUT2D eigenvalue weighted by atomic mass is 9.69. The predicted molar refractivity (Wildman–Crippen MR) is 180 cm³/mol. The standard InChI is InChI=1S/C34H38N4O10S2/c1-32(2)24(30(44)46-5)37-26(42)22(28(37)49-32)35-20(40)12-15-7-8-18-17(11-15)34(10-9-16(39)13-19(34)48-18)14-21(41)36-23-27(43)38-25(31(45)47-6)33(3,4)50-29(23)38/h7-11,19,22-25,28-29H,12-14H2,1-6H3,(H,35,40)(H,36,41)/t19?,22-,23+,24-,25-,28-,29+,34?/m0/s1. The molecule has 1 aliphatic carbocycles. The first-order valence-electron chi connectivity index (χ1n) is 16.3. The van der Waals surface area contributed by atoms with Crippen LogP contribution in [0.4, 0.5) is 0 Å². The second-order valence-corrected chi connectivity index (χ2v) is 18.0. The van der Waals surface area contributed by atoms with Crippen molar-refractivity contribution in [1.82, 2.24) is 20.4 Å². The van der Waals surface area contributed by atoms with Gasteiger partial charge in [-0.25, -0.2) is 9.59 Å². The molecule has 0 bridgehead atoms. The van der Waals surface area contributed by atoms with Crippen molar-refractivity contribution in [2.45, 2.75) is 103 Å². The summed E-state index contributed by atoms with van der Waals surface area (Å²) in [6, 6.07) is 2.07. The Morgan fingerprint density at radius 1 is 0.860 bits per heavy atom. The van der Waals surface area contributed by atoms with E-state index in [1.807, 2.05) is 27.7 Å². The zero-order valence-electron chi connectivity index (χ0n) is 28.3. The maximum absolute atomic E-state index is 13.7. The third-order valence-electron chi connectivity index (χ3n) is 10.5. The number of hydrogen-bond donors (Lipinski definition) is 2. The fourth-order valence-corrected chi connectivity index (χ4v) is 11.4. The molecular weight excluding hydrogens is 689 g/mol. The lowest BCUT2D eigenvalue weighted by Gasteiger charge is -2.44. The molecule has 2 N–H and O–H groups in total. The number of amides is 4. The minimum Gasteiger partial charge on any atom is -0.488 e. The van der Waals surface area contributed by atoms with E-state index in [-0.39, 0.29) is 36.9 Å². The highest BCUT2D eigenvalue weighted by Gasteiger charge is 2.66. The highest BCUT2D eigenvalue weighted by Crippen LogP contribution is 2.53. The molecule has 4 saturated heterocycles. The summed E-state index contributed by atoms with van der Waals surface area (Å²) in [7, 11) is 2.56. The van der Waals surface area contributed by atoms with Crippen LogP contribution in [0.3, 0.4) is 0 Å². The van der Waals surface area contributed by atoms with Gasteiger partial charge in [0.05, 0.1) is 26.1 Å². The number of benzene rings is 1. The van der Waals surface area contributed by atoms with E-state index in [9.17, 15) is 33.6 Å². The Morgan fingerprint density at radius 2 is 1.40 bits per heavy atom. The Labute approximate surface area is 296 Å². The van der Waals surface area contributed by atoms with Gasteiger partial charge in [0.15, 0.2) is 5.78 Å². The Kier molecular flexibility index (Phi) is 8.09.